The third-order valence-corrected chi connectivity index (χ3v) is 4.73. The van der Waals surface area contributed by atoms with Crippen molar-refractivity contribution in [3.05, 3.63) is 35.9 Å². The molecule has 1 aromatic carbocycles. The van der Waals surface area contributed by atoms with E-state index in [0.717, 1.165) is 5.56 Å². The summed E-state index contributed by atoms with van der Waals surface area (Å²) in [4.78, 5) is 40.8. The van der Waals surface area contributed by atoms with E-state index in [1.54, 1.807) is 25.7 Å². The van der Waals surface area contributed by atoms with E-state index < -0.39 is 23.3 Å². The molecule has 0 unspecified atom stereocenters. The molecular formula is C24H36N2O6. The molecule has 32 heavy (non-hydrogen) atoms. The summed E-state index contributed by atoms with van der Waals surface area (Å²) in [5.74, 6) is -0.505. The summed E-state index contributed by atoms with van der Waals surface area (Å²) in [6.45, 7) is 11.6. The van der Waals surface area contributed by atoms with Crippen LogP contribution in [0.1, 0.15) is 59.9 Å². The first-order valence-electron chi connectivity index (χ1n) is 11.0. The molecule has 178 valence electrons. The van der Waals surface area contributed by atoms with Gasteiger partial charge in [0.25, 0.3) is 0 Å². The summed E-state index contributed by atoms with van der Waals surface area (Å²) >= 11 is 0. The number of piperidine rings is 1. The number of hydrogen-bond donors (Lipinski definition) is 0. The zero-order valence-corrected chi connectivity index (χ0v) is 20.1. The summed E-state index contributed by atoms with van der Waals surface area (Å²) in [5.41, 5.74) is -0.394. The Labute approximate surface area is 190 Å². The van der Waals surface area contributed by atoms with E-state index in [2.05, 4.69) is 0 Å². The maximum absolute atomic E-state index is 12.9. The van der Waals surface area contributed by atoms with E-state index in [0.29, 0.717) is 25.9 Å². The Hall–Kier alpha value is -2.77. The van der Waals surface area contributed by atoms with Crippen LogP contribution >= 0.6 is 0 Å². The number of esters is 1. The van der Waals surface area contributed by atoms with Gasteiger partial charge in [0.1, 0.15) is 24.4 Å². The van der Waals surface area contributed by atoms with Crippen LogP contribution in [0.5, 0.6) is 0 Å². The summed E-state index contributed by atoms with van der Waals surface area (Å²) in [6, 6.07) is 9.12. The number of carbonyl (C=O) groups excluding carboxylic acids is 3. The molecule has 1 heterocycles. The number of nitrogens with zero attached hydrogens (tertiary/aromatic N) is 2. The molecule has 0 bridgehead atoms. The molecule has 2 amide bonds. The molecule has 8 nitrogen and oxygen atoms in total. The van der Waals surface area contributed by atoms with Gasteiger partial charge in [0.2, 0.25) is 0 Å². The highest BCUT2D eigenvalue weighted by Gasteiger charge is 2.35. The van der Waals surface area contributed by atoms with Gasteiger partial charge in [-0.05, 0) is 59.9 Å². The SMILES string of the molecule is CC(C)(C)OC(=O)N1CCC(N(CC(=O)OCc2ccccc2)C(=O)OC(C)(C)C)CC1. The number of benzene rings is 1. The van der Waals surface area contributed by atoms with Crippen LogP contribution in [-0.4, -0.2) is 64.8 Å². The number of rotatable bonds is 5. The maximum Gasteiger partial charge on any atom is 0.411 e. The van der Waals surface area contributed by atoms with Crippen molar-refractivity contribution >= 4 is 18.2 Å². The Morgan fingerprint density at radius 2 is 1.50 bits per heavy atom. The van der Waals surface area contributed by atoms with Crippen LogP contribution in [0.25, 0.3) is 0 Å². The zero-order chi connectivity index (χ0) is 23.9. The number of carbonyl (C=O) groups is 3. The second kappa shape index (κ2) is 10.7. The molecule has 0 spiro atoms. The van der Waals surface area contributed by atoms with Crippen LogP contribution in [-0.2, 0) is 25.6 Å². The molecule has 8 heteroatoms. The summed E-state index contributed by atoms with van der Waals surface area (Å²) < 4.78 is 16.3. The molecule has 2 rings (SSSR count). The number of ether oxygens (including phenoxy) is 3. The average molecular weight is 449 g/mol. The fourth-order valence-electron chi connectivity index (χ4n) is 3.27. The normalized spacial score (nSPS) is 15.1. The van der Waals surface area contributed by atoms with Crippen LogP contribution in [0, 0.1) is 0 Å². The first-order chi connectivity index (χ1) is 14.8. The summed E-state index contributed by atoms with van der Waals surface area (Å²) in [7, 11) is 0. The molecular weight excluding hydrogens is 412 g/mol. The number of hydrogen-bond acceptors (Lipinski definition) is 6. The monoisotopic (exact) mass is 448 g/mol. The second-order valence-corrected chi connectivity index (χ2v) is 9.95. The fraction of sp³-hybridized carbons (Fsp3) is 0.625. The van der Waals surface area contributed by atoms with E-state index >= 15 is 0 Å². The lowest BCUT2D eigenvalue weighted by Gasteiger charge is -2.38. The summed E-state index contributed by atoms with van der Waals surface area (Å²) in [5, 5.41) is 0. The molecule has 0 atom stereocenters. The van der Waals surface area contributed by atoms with Gasteiger partial charge in [-0.2, -0.15) is 0 Å². The van der Waals surface area contributed by atoms with Gasteiger partial charge in [-0.15, -0.1) is 0 Å². The predicted octanol–water partition coefficient (Wildman–Crippen LogP) is 4.37. The highest BCUT2D eigenvalue weighted by molar-refractivity contribution is 5.78. The Balaban J connectivity index is 2.00. The van der Waals surface area contributed by atoms with E-state index in [-0.39, 0.29) is 25.3 Å². The average Bonchev–Trinajstić information content (AvgIpc) is 2.69. The third kappa shape index (κ3) is 8.77. The Morgan fingerprint density at radius 1 is 0.938 bits per heavy atom. The molecule has 0 radical (unpaired) electrons. The lowest BCUT2D eigenvalue weighted by atomic mass is 10.0. The van der Waals surface area contributed by atoms with Crippen molar-refractivity contribution < 1.29 is 28.6 Å². The van der Waals surface area contributed by atoms with Crippen molar-refractivity contribution in [3.8, 4) is 0 Å². The second-order valence-electron chi connectivity index (χ2n) is 9.95. The van der Waals surface area contributed by atoms with Gasteiger partial charge >= 0.3 is 18.2 Å². The molecule has 0 aromatic heterocycles. The number of likely N-dealkylation sites (tertiary alicyclic amines) is 1. The van der Waals surface area contributed by atoms with Gasteiger partial charge < -0.3 is 19.1 Å². The van der Waals surface area contributed by atoms with Crippen LogP contribution in [0.4, 0.5) is 9.59 Å². The van der Waals surface area contributed by atoms with Gasteiger partial charge in [0.15, 0.2) is 0 Å². The molecule has 0 saturated carbocycles. The highest BCUT2D eigenvalue weighted by Crippen LogP contribution is 2.22. The van der Waals surface area contributed by atoms with Crippen molar-refractivity contribution in [1.82, 2.24) is 9.80 Å². The van der Waals surface area contributed by atoms with Gasteiger partial charge in [-0.1, -0.05) is 30.3 Å². The Bertz CT molecular complexity index is 774. The maximum atomic E-state index is 12.9. The van der Waals surface area contributed by atoms with Crippen molar-refractivity contribution in [2.75, 3.05) is 19.6 Å². The zero-order valence-electron chi connectivity index (χ0n) is 20.1. The lowest BCUT2D eigenvalue weighted by Crippen LogP contribution is -2.52. The lowest BCUT2D eigenvalue weighted by molar-refractivity contribution is -0.147. The van der Waals surface area contributed by atoms with E-state index in [4.69, 9.17) is 14.2 Å². The van der Waals surface area contributed by atoms with E-state index in [1.807, 2.05) is 51.1 Å². The molecule has 1 saturated heterocycles. The van der Waals surface area contributed by atoms with Crippen LogP contribution in [0.2, 0.25) is 0 Å². The topological polar surface area (TPSA) is 85.4 Å². The molecule has 0 aliphatic carbocycles. The fourth-order valence-corrected chi connectivity index (χ4v) is 3.27. The van der Waals surface area contributed by atoms with Crippen molar-refractivity contribution in [2.45, 2.75) is 78.2 Å². The van der Waals surface area contributed by atoms with Crippen molar-refractivity contribution in [2.24, 2.45) is 0 Å². The highest BCUT2D eigenvalue weighted by atomic mass is 16.6. The number of amides is 2. The van der Waals surface area contributed by atoms with Gasteiger partial charge in [0, 0.05) is 19.1 Å². The van der Waals surface area contributed by atoms with Crippen LogP contribution in [0.15, 0.2) is 30.3 Å². The molecule has 1 aromatic rings. The van der Waals surface area contributed by atoms with Crippen molar-refractivity contribution in [3.63, 3.8) is 0 Å². The third-order valence-electron chi connectivity index (χ3n) is 4.73. The van der Waals surface area contributed by atoms with Gasteiger partial charge in [-0.25, -0.2) is 9.59 Å². The van der Waals surface area contributed by atoms with Crippen LogP contribution < -0.4 is 0 Å². The smallest absolute Gasteiger partial charge is 0.411 e. The van der Waals surface area contributed by atoms with Gasteiger partial charge in [-0.3, -0.25) is 9.69 Å². The van der Waals surface area contributed by atoms with Crippen LogP contribution in [0.3, 0.4) is 0 Å². The predicted molar refractivity (Wildman–Crippen MR) is 120 cm³/mol. The summed E-state index contributed by atoms with van der Waals surface area (Å²) in [6.07, 6.45) is 0.0986. The minimum atomic E-state index is -0.694. The molecule has 1 aliphatic rings. The molecule has 1 fully saturated rings. The van der Waals surface area contributed by atoms with Gasteiger partial charge in [0.05, 0.1) is 0 Å². The minimum absolute atomic E-state index is 0.138. The molecule has 0 N–H and O–H groups in total. The van der Waals surface area contributed by atoms with E-state index in [9.17, 15) is 14.4 Å². The first kappa shape index (κ1) is 25.5. The van der Waals surface area contributed by atoms with E-state index in [1.165, 1.54) is 4.90 Å². The largest absolute Gasteiger partial charge is 0.459 e. The quantitative estimate of drug-likeness (QED) is 0.491. The first-order valence-corrected chi connectivity index (χ1v) is 11.0. The molecule has 1 aliphatic heterocycles. The Kier molecular flexibility index (Phi) is 8.52. The van der Waals surface area contributed by atoms with Crippen molar-refractivity contribution in [1.29, 1.82) is 0 Å². The Morgan fingerprint density at radius 3 is 2.03 bits per heavy atom. The standard InChI is InChI=1S/C24H36N2O6/c1-23(2,3)31-21(28)25-14-12-19(13-15-25)26(22(29)32-24(4,5)6)16-20(27)30-17-18-10-8-7-9-11-18/h7-11,19H,12-17H2,1-6H3. The minimum Gasteiger partial charge on any atom is -0.459 e.